The van der Waals surface area contributed by atoms with Gasteiger partial charge in [0.05, 0.1) is 38.9 Å². The van der Waals surface area contributed by atoms with Gasteiger partial charge in [0.2, 0.25) is 0 Å². The Morgan fingerprint density at radius 3 is 1.27 bits per heavy atom. The molecule has 0 aromatic heterocycles. The number of rotatable bonds is 16. The van der Waals surface area contributed by atoms with Crippen LogP contribution >= 0.6 is 46.4 Å². The molecule has 314 valence electrons. The van der Waals surface area contributed by atoms with Gasteiger partial charge < -0.3 is 24.0 Å². The molecule has 0 saturated heterocycles. The molecule has 0 spiro atoms. The molecular formula is C50H52Cl4N2O4. The Labute approximate surface area is 375 Å². The molecule has 60 heavy (non-hydrogen) atoms. The second-order valence-corrected chi connectivity index (χ2v) is 17.8. The van der Waals surface area contributed by atoms with Gasteiger partial charge in [-0.15, -0.1) is 0 Å². The van der Waals surface area contributed by atoms with Crippen molar-refractivity contribution in [3.8, 4) is 11.5 Å². The summed E-state index contributed by atoms with van der Waals surface area (Å²) in [6.45, 7) is 9.91. The molecular weight excluding hydrogens is 834 g/mol. The Morgan fingerprint density at radius 2 is 0.917 bits per heavy atom. The summed E-state index contributed by atoms with van der Waals surface area (Å²) in [4.78, 5) is 18.4. The van der Waals surface area contributed by atoms with Crippen LogP contribution in [0.25, 0.3) is 11.1 Å². The van der Waals surface area contributed by atoms with Gasteiger partial charge in [0, 0.05) is 45.1 Å². The number of hydrogen-bond acceptors (Lipinski definition) is 6. The SMILES string of the molecule is CC(C)CCOc1ccc(/C(=C/C2(/C=C(/c3ccc(OCCC(C)C)cc3)c3ccc(N(C)C)cc3)OC(=O)c3c(Cl)c(Cl)c(Cl)c(Cl)c32)c2ccc(N(C)C)cc2)cc1. The number of carbonyl (C=O) groups excluding carboxylic acids is 1. The highest BCUT2D eigenvalue weighted by atomic mass is 35.5. The number of fused-ring (bicyclic) bond motifs is 1. The lowest BCUT2D eigenvalue weighted by Crippen LogP contribution is -2.23. The molecule has 6 nitrogen and oxygen atoms in total. The van der Waals surface area contributed by atoms with Crippen LogP contribution in [0.1, 0.15) is 78.7 Å². The van der Waals surface area contributed by atoms with Crippen molar-refractivity contribution in [2.75, 3.05) is 51.2 Å². The second-order valence-electron chi connectivity index (χ2n) is 16.3. The molecule has 0 atom stereocenters. The predicted molar refractivity (Wildman–Crippen MR) is 252 cm³/mol. The van der Waals surface area contributed by atoms with E-state index in [9.17, 15) is 4.79 Å². The van der Waals surface area contributed by atoms with Crippen molar-refractivity contribution in [1.82, 2.24) is 0 Å². The van der Waals surface area contributed by atoms with Crippen molar-refractivity contribution < 1.29 is 19.0 Å². The number of nitrogens with zero attached hydrogens (tertiary/aromatic N) is 2. The number of anilines is 2. The molecule has 5 aromatic rings. The molecule has 6 rings (SSSR count). The molecule has 1 aliphatic rings. The minimum Gasteiger partial charge on any atom is -0.494 e. The highest BCUT2D eigenvalue weighted by molar-refractivity contribution is 6.53. The van der Waals surface area contributed by atoms with Gasteiger partial charge in [-0.05, 0) is 119 Å². The topological polar surface area (TPSA) is 51.2 Å². The predicted octanol–water partition coefficient (Wildman–Crippen LogP) is 13.9. The zero-order chi connectivity index (χ0) is 43.3. The summed E-state index contributed by atoms with van der Waals surface area (Å²) < 4.78 is 18.8. The van der Waals surface area contributed by atoms with E-state index >= 15 is 0 Å². The summed E-state index contributed by atoms with van der Waals surface area (Å²) in [7, 11) is 7.98. The van der Waals surface area contributed by atoms with Gasteiger partial charge in [-0.25, -0.2) is 4.79 Å². The minimum atomic E-state index is -1.65. The van der Waals surface area contributed by atoms with Crippen LogP contribution in [0.4, 0.5) is 11.4 Å². The average molecular weight is 887 g/mol. The van der Waals surface area contributed by atoms with E-state index in [0.717, 1.165) is 69.1 Å². The average Bonchev–Trinajstić information content (AvgIpc) is 3.52. The highest BCUT2D eigenvalue weighted by Crippen LogP contribution is 2.53. The van der Waals surface area contributed by atoms with Crippen molar-refractivity contribution in [2.45, 2.75) is 46.1 Å². The van der Waals surface area contributed by atoms with Gasteiger partial charge >= 0.3 is 5.97 Å². The van der Waals surface area contributed by atoms with Gasteiger partial charge in [0.1, 0.15) is 11.5 Å². The fourth-order valence-electron chi connectivity index (χ4n) is 6.95. The lowest BCUT2D eigenvalue weighted by Gasteiger charge is -2.27. The Balaban J connectivity index is 1.64. The molecule has 0 saturated carbocycles. The molecule has 0 fully saturated rings. The number of benzene rings is 5. The summed E-state index contributed by atoms with van der Waals surface area (Å²) in [6, 6.07) is 32.2. The van der Waals surface area contributed by atoms with Crippen molar-refractivity contribution in [3.05, 3.63) is 163 Å². The Morgan fingerprint density at radius 1 is 0.567 bits per heavy atom. The second kappa shape index (κ2) is 19.4. The van der Waals surface area contributed by atoms with E-state index < -0.39 is 11.6 Å². The first-order chi connectivity index (χ1) is 28.6. The lowest BCUT2D eigenvalue weighted by molar-refractivity contribution is 0.0300. The van der Waals surface area contributed by atoms with Crippen LogP contribution in [0.3, 0.4) is 0 Å². The molecule has 0 bridgehead atoms. The Bertz CT molecular complexity index is 2230. The van der Waals surface area contributed by atoms with E-state index in [1.807, 2.05) is 147 Å². The quantitative estimate of drug-likeness (QED) is 0.0559. The van der Waals surface area contributed by atoms with Gasteiger partial charge in [-0.2, -0.15) is 0 Å². The van der Waals surface area contributed by atoms with Gasteiger partial charge in [0.15, 0.2) is 5.60 Å². The molecule has 0 amide bonds. The fourth-order valence-corrected chi connectivity index (χ4v) is 8.03. The monoisotopic (exact) mass is 884 g/mol. The van der Waals surface area contributed by atoms with Crippen molar-refractivity contribution in [2.24, 2.45) is 11.8 Å². The Kier molecular flexibility index (Phi) is 14.5. The van der Waals surface area contributed by atoms with Crippen LogP contribution in [0.2, 0.25) is 20.1 Å². The normalized spacial score (nSPS) is 13.7. The first-order valence-electron chi connectivity index (χ1n) is 20.2. The summed E-state index contributed by atoms with van der Waals surface area (Å²) in [5, 5.41) is 0.0233. The highest BCUT2D eigenvalue weighted by Gasteiger charge is 2.48. The Hall–Kier alpha value is -4.59. The summed E-state index contributed by atoms with van der Waals surface area (Å²) >= 11 is 27.5. The third-order valence-electron chi connectivity index (χ3n) is 10.5. The van der Waals surface area contributed by atoms with Gasteiger partial charge in [-0.1, -0.05) is 123 Å². The van der Waals surface area contributed by atoms with E-state index in [1.54, 1.807) is 0 Å². The van der Waals surface area contributed by atoms with Crippen molar-refractivity contribution in [3.63, 3.8) is 0 Å². The molecule has 5 aromatic carbocycles. The number of cyclic esters (lactones) is 1. The zero-order valence-corrected chi connectivity index (χ0v) is 38.4. The smallest absolute Gasteiger partial charge is 0.341 e. The van der Waals surface area contributed by atoms with E-state index in [2.05, 4.69) is 27.7 Å². The van der Waals surface area contributed by atoms with E-state index in [4.69, 9.17) is 60.6 Å². The number of ether oxygens (including phenoxy) is 3. The maximum Gasteiger partial charge on any atom is 0.341 e. The van der Waals surface area contributed by atoms with E-state index in [0.29, 0.717) is 30.6 Å². The maximum atomic E-state index is 14.3. The molecule has 10 heteroatoms. The van der Waals surface area contributed by atoms with Gasteiger partial charge in [-0.3, -0.25) is 0 Å². The largest absolute Gasteiger partial charge is 0.494 e. The summed E-state index contributed by atoms with van der Waals surface area (Å²) in [6.07, 6.45) is 5.74. The first-order valence-corrected chi connectivity index (χ1v) is 21.7. The van der Waals surface area contributed by atoms with E-state index in [-0.39, 0.29) is 25.7 Å². The molecule has 0 N–H and O–H groups in total. The molecule has 0 aliphatic carbocycles. The summed E-state index contributed by atoms with van der Waals surface area (Å²) in [5.41, 5.74) is 5.71. The molecule has 0 radical (unpaired) electrons. The zero-order valence-electron chi connectivity index (χ0n) is 35.4. The number of carbonyl (C=O) groups is 1. The third kappa shape index (κ3) is 10.1. The van der Waals surface area contributed by atoms with Crippen LogP contribution in [0, 0.1) is 11.8 Å². The molecule has 1 aliphatic heterocycles. The first kappa shape index (κ1) is 44.9. The third-order valence-corrected chi connectivity index (χ3v) is 12.3. The van der Waals surface area contributed by atoms with Crippen molar-refractivity contribution in [1.29, 1.82) is 0 Å². The summed E-state index contributed by atoms with van der Waals surface area (Å²) in [5.74, 6) is 1.86. The molecule has 1 heterocycles. The van der Waals surface area contributed by atoms with E-state index in [1.165, 1.54) is 0 Å². The maximum absolute atomic E-state index is 14.3. The van der Waals surface area contributed by atoms with Crippen LogP contribution in [0.15, 0.2) is 109 Å². The lowest BCUT2D eigenvalue weighted by atomic mass is 9.83. The molecule has 0 unspecified atom stereocenters. The standard InChI is InChI=1S/C50H52Cl4N2O4/c1-31(2)25-27-58-39-21-13-35(14-22-39)41(33-9-17-37(18-10-33)55(5)6)29-50(44-43(49(57)60-50)45(51)47(53)48(54)46(44)52)30-42(34-11-19-38(20-12-34)56(7)8)36-15-23-40(24-16-36)59-28-26-32(3)4/h9-24,29-32H,25-28H2,1-8H3/b41-29+,42-30+. The fraction of sp³-hybridized carbons (Fsp3) is 0.300. The van der Waals surface area contributed by atoms with Crippen molar-refractivity contribution >= 4 is 74.9 Å². The van der Waals surface area contributed by atoms with Gasteiger partial charge in [0.25, 0.3) is 0 Å². The van der Waals surface area contributed by atoms with Crippen LogP contribution in [-0.2, 0) is 10.3 Å². The van der Waals surface area contributed by atoms with Crippen LogP contribution in [0.5, 0.6) is 11.5 Å². The number of halogens is 4. The van der Waals surface area contributed by atoms with Crippen LogP contribution in [-0.4, -0.2) is 47.4 Å². The number of hydrogen-bond donors (Lipinski definition) is 0. The number of esters is 1. The minimum absolute atomic E-state index is 0.0196. The van der Waals surface area contributed by atoms with Crippen LogP contribution < -0.4 is 19.3 Å².